The number of hydrogen-bond donors (Lipinski definition) is 2. The van der Waals surface area contributed by atoms with Gasteiger partial charge in [0.2, 0.25) is 0 Å². The Hall–Kier alpha value is -4.95. The summed E-state index contributed by atoms with van der Waals surface area (Å²) in [6.07, 6.45) is 2.16. The van der Waals surface area contributed by atoms with Crippen molar-refractivity contribution in [2.24, 2.45) is 0 Å². The van der Waals surface area contributed by atoms with Crippen molar-refractivity contribution in [2.45, 2.75) is 52.6 Å². The molecule has 0 spiro atoms. The minimum atomic E-state index is -0.381. The van der Waals surface area contributed by atoms with Crippen molar-refractivity contribution in [2.75, 3.05) is 30.5 Å². The van der Waals surface area contributed by atoms with Crippen LogP contribution in [-0.2, 0) is 11.3 Å². The number of pyridine rings is 2. The van der Waals surface area contributed by atoms with Crippen molar-refractivity contribution < 1.29 is 14.3 Å². The van der Waals surface area contributed by atoms with E-state index in [0.29, 0.717) is 25.3 Å². The monoisotopic (exact) mass is 618 g/mol. The number of nitrogens with zero attached hydrogens (tertiary/aromatic N) is 2. The lowest BCUT2D eigenvalue weighted by Crippen LogP contribution is -2.40. The molecule has 5 rings (SSSR count). The molecule has 238 valence electrons. The first-order valence-corrected chi connectivity index (χ1v) is 15.8. The lowest BCUT2D eigenvalue weighted by molar-refractivity contribution is 0.120. The maximum absolute atomic E-state index is 14.3. The lowest BCUT2D eigenvalue weighted by atomic mass is 9.88. The summed E-state index contributed by atoms with van der Waals surface area (Å²) in [5, 5.41) is 3.98. The number of benzene rings is 3. The zero-order valence-corrected chi connectivity index (χ0v) is 27.2. The van der Waals surface area contributed by atoms with E-state index in [4.69, 9.17) is 9.47 Å². The third-order valence-electron chi connectivity index (χ3n) is 7.99. The molecule has 0 aliphatic carbocycles. The number of hydrogen-bond acceptors (Lipinski definition) is 5. The Kier molecular flexibility index (Phi) is 10.5. The lowest BCUT2D eigenvalue weighted by Gasteiger charge is -2.27. The van der Waals surface area contributed by atoms with E-state index in [1.807, 2.05) is 54.6 Å². The second-order valence-corrected chi connectivity index (χ2v) is 12.0. The first-order chi connectivity index (χ1) is 22.2. The van der Waals surface area contributed by atoms with Gasteiger partial charge in [-0.1, -0.05) is 70.2 Å². The Morgan fingerprint density at radius 2 is 1.63 bits per heavy atom. The van der Waals surface area contributed by atoms with E-state index >= 15 is 0 Å². The Morgan fingerprint density at radius 3 is 2.33 bits per heavy atom. The van der Waals surface area contributed by atoms with E-state index in [-0.39, 0.29) is 35.7 Å². The number of fused-ring (bicyclic) bond motifs is 1. The molecule has 2 amide bonds. The minimum Gasteiger partial charge on any atom is -0.497 e. The van der Waals surface area contributed by atoms with E-state index in [1.165, 1.54) is 4.90 Å². The molecule has 0 aliphatic rings. The standard InChI is InChI=1S/C38H42N4O4/c1-25(2)32-21-30(28-14-9-16-31(20-28)45-5)22-33(26(3)4)35(32)40-38(44)42(18-11-19-46-24-27-12-7-6-8-13-27)34-23-29-15-10-17-39-36(29)41-37(34)43/h6-10,12-17,20-23,25-26H,11,18-19,24H2,1-5H3,(H,40,44)(H,39,41,43). The number of anilines is 2. The van der Waals surface area contributed by atoms with E-state index < -0.39 is 0 Å². The van der Waals surface area contributed by atoms with Crippen LogP contribution in [0.3, 0.4) is 0 Å². The smallest absolute Gasteiger partial charge is 0.326 e. The highest BCUT2D eigenvalue weighted by Gasteiger charge is 2.24. The molecule has 0 aliphatic heterocycles. The van der Waals surface area contributed by atoms with Gasteiger partial charge < -0.3 is 19.8 Å². The zero-order chi connectivity index (χ0) is 32.6. The number of aromatic amines is 1. The highest BCUT2D eigenvalue weighted by Crippen LogP contribution is 2.38. The van der Waals surface area contributed by atoms with Crippen LogP contribution in [0.25, 0.3) is 22.2 Å². The second-order valence-electron chi connectivity index (χ2n) is 12.0. The first-order valence-electron chi connectivity index (χ1n) is 15.8. The molecule has 46 heavy (non-hydrogen) atoms. The number of ether oxygens (including phenoxy) is 2. The molecular weight excluding hydrogens is 576 g/mol. The van der Waals surface area contributed by atoms with Gasteiger partial charge in [-0.3, -0.25) is 9.69 Å². The predicted octanol–water partition coefficient (Wildman–Crippen LogP) is 8.49. The van der Waals surface area contributed by atoms with Crippen LogP contribution in [-0.4, -0.2) is 36.3 Å². The SMILES string of the molecule is COc1cccc(-c2cc(C(C)C)c(NC(=O)N(CCCOCc3ccccc3)c3cc4cccnc4[nH]c3=O)c(C(C)C)c2)c1. The summed E-state index contributed by atoms with van der Waals surface area (Å²) in [4.78, 5) is 36.2. The summed E-state index contributed by atoms with van der Waals surface area (Å²) in [6, 6.07) is 27.2. The molecule has 2 aromatic heterocycles. The van der Waals surface area contributed by atoms with Crippen LogP contribution in [0.4, 0.5) is 16.2 Å². The van der Waals surface area contributed by atoms with Gasteiger partial charge in [-0.25, -0.2) is 9.78 Å². The molecule has 0 atom stereocenters. The quantitative estimate of drug-likeness (QED) is 0.137. The Bertz CT molecular complexity index is 1820. The van der Waals surface area contributed by atoms with Crippen LogP contribution in [0.15, 0.2) is 95.9 Å². The maximum atomic E-state index is 14.3. The fraction of sp³-hybridized carbons (Fsp3) is 0.289. The van der Waals surface area contributed by atoms with Gasteiger partial charge in [0.05, 0.1) is 13.7 Å². The predicted molar refractivity (Wildman–Crippen MR) is 186 cm³/mol. The topological polar surface area (TPSA) is 96.5 Å². The number of aromatic nitrogens is 2. The Morgan fingerprint density at radius 1 is 0.891 bits per heavy atom. The minimum absolute atomic E-state index is 0.119. The summed E-state index contributed by atoms with van der Waals surface area (Å²) < 4.78 is 11.4. The number of rotatable bonds is 12. The van der Waals surface area contributed by atoms with E-state index in [1.54, 1.807) is 25.4 Å². The zero-order valence-electron chi connectivity index (χ0n) is 27.2. The van der Waals surface area contributed by atoms with Crippen LogP contribution < -0.4 is 20.5 Å². The Labute approximate surface area is 270 Å². The number of nitrogens with one attached hydrogen (secondary N) is 2. The number of amides is 2. The number of carbonyl (C=O) groups excluding carboxylic acids is 1. The van der Waals surface area contributed by atoms with Gasteiger partial charge in [0.15, 0.2) is 0 Å². The molecule has 3 aromatic carbocycles. The van der Waals surface area contributed by atoms with Gasteiger partial charge in [-0.2, -0.15) is 0 Å². The van der Waals surface area contributed by atoms with Crippen LogP contribution in [0.5, 0.6) is 5.75 Å². The van der Waals surface area contributed by atoms with Crippen molar-refractivity contribution in [1.82, 2.24) is 9.97 Å². The molecule has 0 saturated carbocycles. The van der Waals surface area contributed by atoms with Crippen LogP contribution in [0, 0.1) is 0 Å². The third-order valence-corrected chi connectivity index (χ3v) is 7.99. The third kappa shape index (κ3) is 7.64. The van der Waals surface area contributed by atoms with Gasteiger partial charge in [0.1, 0.15) is 17.1 Å². The fourth-order valence-corrected chi connectivity index (χ4v) is 5.53. The molecule has 0 radical (unpaired) electrons. The number of methoxy groups -OCH3 is 1. The van der Waals surface area contributed by atoms with Crippen molar-refractivity contribution in [3.05, 3.63) is 118 Å². The molecular formula is C38H42N4O4. The largest absolute Gasteiger partial charge is 0.497 e. The first kappa shape index (κ1) is 32.4. The van der Waals surface area contributed by atoms with Crippen molar-refractivity contribution >= 4 is 28.4 Å². The molecule has 0 bridgehead atoms. The van der Waals surface area contributed by atoms with E-state index in [9.17, 15) is 9.59 Å². The van der Waals surface area contributed by atoms with Gasteiger partial charge in [-0.05, 0) is 88.5 Å². The highest BCUT2D eigenvalue weighted by molar-refractivity contribution is 6.03. The summed E-state index contributed by atoms with van der Waals surface area (Å²) in [7, 11) is 1.66. The summed E-state index contributed by atoms with van der Waals surface area (Å²) in [5.41, 5.74) is 6.31. The maximum Gasteiger partial charge on any atom is 0.326 e. The van der Waals surface area contributed by atoms with Gasteiger partial charge >= 0.3 is 6.03 Å². The summed E-state index contributed by atoms with van der Waals surface area (Å²) in [5.74, 6) is 1.02. The molecule has 0 unspecified atom stereocenters. The highest BCUT2D eigenvalue weighted by atomic mass is 16.5. The van der Waals surface area contributed by atoms with Crippen molar-refractivity contribution in [3.63, 3.8) is 0 Å². The van der Waals surface area contributed by atoms with Gasteiger partial charge in [0, 0.05) is 30.4 Å². The molecule has 2 N–H and O–H groups in total. The van der Waals surface area contributed by atoms with Crippen molar-refractivity contribution in [1.29, 1.82) is 0 Å². The van der Waals surface area contributed by atoms with Crippen molar-refractivity contribution in [3.8, 4) is 16.9 Å². The van der Waals surface area contributed by atoms with Crippen LogP contribution in [0.2, 0.25) is 0 Å². The summed E-state index contributed by atoms with van der Waals surface area (Å²) >= 11 is 0. The number of urea groups is 1. The molecule has 8 heteroatoms. The van der Waals surface area contributed by atoms with E-state index in [2.05, 4.69) is 61.2 Å². The molecule has 0 fully saturated rings. The number of carbonyl (C=O) groups is 1. The van der Waals surface area contributed by atoms with Gasteiger partial charge in [-0.15, -0.1) is 0 Å². The Balaban J connectivity index is 1.48. The normalized spacial score (nSPS) is 11.3. The molecule has 8 nitrogen and oxygen atoms in total. The summed E-state index contributed by atoms with van der Waals surface area (Å²) in [6.45, 7) is 9.66. The second kappa shape index (κ2) is 14.9. The van der Waals surface area contributed by atoms with Crippen LogP contribution >= 0.6 is 0 Å². The average Bonchev–Trinajstić information content (AvgIpc) is 3.06. The van der Waals surface area contributed by atoms with Crippen LogP contribution in [0.1, 0.15) is 62.6 Å². The number of H-pyrrole nitrogens is 1. The molecule has 5 aromatic rings. The molecule has 0 saturated heterocycles. The van der Waals surface area contributed by atoms with Gasteiger partial charge in [0.25, 0.3) is 5.56 Å². The fourth-order valence-electron chi connectivity index (χ4n) is 5.53. The average molecular weight is 619 g/mol. The van der Waals surface area contributed by atoms with E-state index in [0.717, 1.165) is 44.6 Å². The molecule has 2 heterocycles.